The second kappa shape index (κ2) is 3.73. The maximum absolute atomic E-state index is 12.2. The molecule has 2 aliphatic heterocycles. The van der Waals surface area contributed by atoms with Crippen molar-refractivity contribution in [3.63, 3.8) is 0 Å². The van der Waals surface area contributed by atoms with Crippen molar-refractivity contribution >= 4 is 16.1 Å². The summed E-state index contributed by atoms with van der Waals surface area (Å²) in [5.74, 6) is 0.542. The van der Waals surface area contributed by atoms with Crippen LogP contribution in [-0.4, -0.2) is 56.0 Å². The van der Waals surface area contributed by atoms with E-state index in [2.05, 4.69) is 0 Å². The van der Waals surface area contributed by atoms with Crippen molar-refractivity contribution in [3.05, 3.63) is 17.9 Å². The molecule has 0 N–H and O–H groups in total. The number of likely N-dealkylation sites (N-methyl/N-ethyl adjacent to an activating group) is 1. The van der Waals surface area contributed by atoms with Gasteiger partial charge in [0.05, 0.1) is 19.6 Å². The van der Waals surface area contributed by atoms with Gasteiger partial charge < -0.3 is 14.1 Å². The average Bonchev–Trinajstić information content (AvgIpc) is 2.82. The van der Waals surface area contributed by atoms with Crippen molar-refractivity contribution < 1.29 is 22.4 Å². The van der Waals surface area contributed by atoms with Crippen LogP contribution in [0.4, 0.5) is 4.79 Å². The van der Waals surface area contributed by atoms with E-state index in [9.17, 15) is 13.2 Å². The first-order valence-corrected chi connectivity index (χ1v) is 7.27. The molecule has 0 atom stereocenters. The predicted octanol–water partition coefficient (Wildman–Crippen LogP) is 0.413. The van der Waals surface area contributed by atoms with Gasteiger partial charge in [-0.15, -0.1) is 0 Å². The van der Waals surface area contributed by atoms with Crippen LogP contribution in [0, 0.1) is 6.92 Å². The molecule has 1 aromatic rings. The van der Waals surface area contributed by atoms with E-state index in [1.54, 1.807) is 20.0 Å². The Morgan fingerprint density at radius 3 is 2.42 bits per heavy atom. The molecule has 0 unspecified atom stereocenters. The molecule has 2 aliphatic rings. The number of furan rings is 1. The molecule has 0 saturated carbocycles. The van der Waals surface area contributed by atoms with Crippen molar-refractivity contribution in [3.8, 4) is 0 Å². The number of aryl methyl sites for hydroxylation is 1. The lowest BCUT2D eigenvalue weighted by Crippen LogP contribution is -2.65. The third kappa shape index (κ3) is 1.82. The van der Waals surface area contributed by atoms with E-state index in [0.717, 1.165) is 0 Å². The standard InChI is InChI=1S/C11H14N2O5S/c1-8-3-4-9(17-8)19(15,16)13-6-11(7-13)5-12(2)10(14)18-11/h3-4H,5-7H2,1-2H3. The number of hydrogen-bond donors (Lipinski definition) is 0. The zero-order chi connectivity index (χ0) is 13.8. The summed E-state index contributed by atoms with van der Waals surface area (Å²) in [6.07, 6.45) is -0.411. The van der Waals surface area contributed by atoms with Gasteiger partial charge in [-0.1, -0.05) is 0 Å². The van der Waals surface area contributed by atoms with E-state index in [0.29, 0.717) is 12.3 Å². The van der Waals surface area contributed by atoms with Gasteiger partial charge in [-0.3, -0.25) is 0 Å². The Labute approximate surface area is 110 Å². The molecule has 3 rings (SSSR count). The van der Waals surface area contributed by atoms with Crippen LogP contribution >= 0.6 is 0 Å². The van der Waals surface area contributed by atoms with Crippen LogP contribution in [0.2, 0.25) is 0 Å². The van der Waals surface area contributed by atoms with Gasteiger partial charge in [0, 0.05) is 7.05 Å². The Bertz CT molecular complexity index is 629. The van der Waals surface area contributed by atoms with Gasteiger partial charge in [-0.05, 0) is 19.1 Å². The minimum atomic E-state index is -3.62. The highest BCUT2D eigenvalue weighted by Crippen LogP contribution is 2.35. The van der Waals surface area contributed by atoms with Gasteiger partial charge >= 0.3 is 6.09 Å². The summed E-state index contributed by atoms with van der Waals surface area (Å²) in [4.78, 5) is 12.8. The van der Waals surface area contributed by atoms with Gasteiger partial charge in [-0.25, -0.2) is 13.2 Å². The van der Waals surface area contributed by atoms with Crippen molar-refractivity contribution in [2.75, 3.05) is 26.7 Å². The highest BCUT2D eigenvalue weighted by atomic mass is 32.2. The molecule has 7 nitrogen and oxygen atoms in total. The van der Waals surface area contributed by atoms with Crippen molar-refractivity contribution in [1.82, 2.24) is 9.21 Å². The fourth-order valence-electron chi connectivity index (χ4n) is 2.40. The van der Waals surface area contributed by atoms with E-state index in [4.69, 9.17) is 9.15 Å². The molecule has 1 spiro atoms. The van der Waals surface area contributed by atoms with Crippen LogP contribution in [0.3, 0.4) is 0 Å². The Hall–Kier alpha value is -1.54. The van der Waals surface area contributed by atoms with E-state index >= 15 is 0 Å². The first-order valence-electron chi connectivity index (χ1n) is 5.83. The lowest BCUT2D eigenvalue weighted by molar-refractivity contribution is -0.0340. The number of carbonyl (C=O) groups excluding carboxylic acids is 1. The van der Waals surface area contributed by atoms with Crippen LogP contribution in [0.25, 0.3) is 0 Å². The Kier molecular flexibility index (Phi) is 2.45. The van der Waals surface area contributed by atoms with E-state index < -0.39 is 21.7 Å². The van der Waals surface area contributed by atoms with Crippen LogP contribution in [-0.2, 0) is 14.8 Å². The molecule has 0 bridgehead atoms. The highest BCUT2D eigenvalue weighted by Gasteiger charge is 2.56. The number of amides is 1. The quantitative estimate of drug-likeness (QED) is 0.787. The van der Waals surface area contributed by atoms with Gasteiger partial charge in [0.15, 0.2) is 5.60 Å². The van der Waals surface area contributed by atoms with Crippen molar-refractivity contribution in [1.29, 1.82) is 0 Å². The summed E-state index contributed by atoms with van der Waals surface area (Å²) in [5, 5.41) is -0.0717. The maximum atomic E-state index is 12.2. The predicted molar refractivity (Wildman–Crippen MR) is 64.0 cm³/mol. The summed E-state index contributed by atoms with van der Waals surface area (Å²) in [7, 11) is -1.99. The smallest absolute Gasteiger partial charge is 0.410 e. The monoisotopic (exact) mass is 286 g/mol. The SMILES string of the molecule is Cc1ccc(S(=O)(=O)N2CC3(CN(C)C(=O)O3)C2)o1. The lowest BCUT2D eigenvalue weighted by Gasteiger charge is -2.43. The van der Waals surface area contributed by atoms with Crippen LogP contribution in [0.1, 0.15) is 5.76 Å². The largest absolute Gasteiger partial charge is 0.449 e. The number of sulfonamides is 1. The second-order valence-electron chi connectivity index (χ2n) is 5.05. The van der Waals surface area contributed by atoms with Crippen molar-refractivity contribution in [2.24, 2.45) is 0 Å². The summed E-state index contributed by atoms with van der Waals surface area (Å²) in [5.41, 5.74) is -0.694. The molecule has 0 aliphatic carbocycles. The first-order chi connectivity index (χ1) is 8.82. The number of hydrogen-bond acceptors (Lipinski definition) is 5. The number of nitrogens with zero attached hydrogens (tertiary/aromatic N) is 2. The molecule has 1 aromatic heterocycles. The van der Waals surface area contributed by atoms with Gasteiger partial charge in [0.25, 0.3) is 10.0 Å². The molecular formula is C11H14N2O5S. The molecule has 3 heterocycles. The first kappa shape index (κ1) is 12.5. The van der Waals surface area contributed by atoms with Gasteiger partial charge in [0.2, 0.25) is 5.09 Å². The molecule has 2 saturated heterocycles. The molecule has 0 aromatic carbocycles. The topological polar surface area (TPSA) is 80.1 Å². The van der Waals surface area contributed by atoms with E-state index in [-0.39, 0.29) is 18.2 Å². The second-order valence-corrected chi connectivity index (χ2v) is 6.91. The van der Waals surface area contributed by atoms with Gasteiger partial charge in [-0.2, -0.15) is 4.31 Å². The summed E-state index contributed by atoms with van der Waals surface area (Å²) in [6, 6.07) is 3.04. The molecule has 8 heteroatoms. The summed E-state index contributed by atoms with van der Waals surface area (Å²) < 4.78 is 36.0. The molecule has 19 heavy (non-hydrogen) atoms. The van der Waals surface area contributed by atoms with E-state index in [1.807, 2.05) is 0 Å². The lowest BCUT2D eigenvalue weighted by atomic mass is 9.97. The van der Waals surface area contributed by atoms with Crippen LogP contribution in [0.5, 0.6) is 0 Å². The van der Waals surface area contributed by atoms with Gasteiger partial charge in [0.1, 0.15) is 5.76 Å². The third-order valence-corrected chi connectivity index (χ3v) is 5.05. The number of carbonyl (C=O) groups is 1. The number of rotatable bonds is 2. The molecule has 0 radical (unpaired) electrons. The van der Waals surface area contributed by atoms with Crippen LogP contribution in [0.15, 0.2) is 21.6 Å². The zero-order valence-electron chi connectivity index (χ0n) is 10.6. The Balaban J connectivity index is 1.76. The molecule has 104 valence electrons. The minimum absolute atomic E-state index is 0.0717. The maximum Gasteiger partial charge on any atom is 0.410 e. The highest BCUT2D eigenvalue weighted by molar-refractivity contribution is 7.89. The minimum Gasteiger partial charge on any atom is -0.449 e. The third-order valence-electron chi connectivity index (χ3n) is 3.38. The summed E-state index contributed by atoms with van der Waals surface area (Å²) >= 11 is 0. The Morgan fingerprint density at radius 2 is 1.95 bits per heavy atom. The zero-order valence-corrected chi connectivity index (χ0v) is 11.4. The normalized spacial score (nSPS) is 22.6. The van der Waals surface area contributed by atoms with Crippen LogP contribution < -0.4 is 0 Å². The van der Waals surface area contributed by atoms with E-state index in [1.165, 1.54) is 15.3 Å². The molecular weight excluding hydrogens is 272 g/mol. The number of ether oxygens (including phenoxy) is 1. The Morgan fingerprint density at radius 1 is 1.26 bits per heavy atom. The summed E-state index contributed by atoms with van der Waals surface area (Å²) in [6.45, 7) is 2.44. The van der Waals surface area contributed by atoms with Crippen molar-refractivity contribution in [2.45, 2.75) is 17.6 Å². The molecule has 1 amide bonds. The fourth-order valence-corrected chi connectivity index (χ4v) is 3.94. The average molecular weight is 286 g/mol. The molecule has 2 fully saturated rings. The fraction of sp³-hybridized carbons (Fsp3) is 0.545.